The summed E-state index contributed by atoms with van der Waals surface area (Å²) in [6.45, 7) is 9.98. The number of fused-ring (bicyclic) bond motifs is 3. The van der Waals surface area contributed by atoms with Crippen LogP contribution in [0.3, 0.4) is 0 Å². The molecule has 0 saturated heterocycles. The summed E-state index contributed by atoms with van der Waals surface area (Å²) >= 11 is 0. The molecule has 5 aromatic carbocycles. The van der Waals surface area contributed by atoms with Crippen LogP contribution >= 0.6 is 0 Å². The van der Waals surface area contributed by atoms with Gasteiger partial charge < -0.3 is 34.0 Å². The van der Waals surface area contributed by atoms with E-state index in [-0.39, 0.29) is 62.0 Å². The van der Waals surface area contributed by atoms with Crippen molar-refractivity contribution in [2.75, 3.05) is 19.8 Å². The number of hydrogen-bond donors (Lipinski definition) is 2. The number of allylic oxidation sites excluding steroid dienone is 1. The smallest absolute Gasteiger partial charge is 0.416 e. The van der Waals surface area contributed by atoms with E-state index in [1.165, 1.54) is 24.3 Å². The number of benzene rings is 5. The molecule has 0 spiro atoms. The number of aliphatic hydroxyl groups excluding tert-OH is 2. The number of amides is 1. The molecule has 6 atom stereocenters. The summed E-state index contributed by atoms with van der Waals surface area (Å²) in [5.41, 5.74) is 2.75. The zero-order chi connectivity index (χ0) is 49.4. The van der Waals surface area contributed by atoms with Gasteiger partial charge in [0.15, 0.2) is 0 Å². The molecule has 14 heteroatoms. The van der Waals surface area contributed by atoms with E-state index in [0.717, 1.165) is 59.4 Å². The van der Waals surface area contributed by atoms with Gasteiger partial charge >= 0.3 is 6.09 Å². The Bertz CT molecular complexity index is 2740. The molecule has 3 aliphatic rings. The Morgan fingerprint density at radius 2 is 1.63 bits per heavy atom. The van der Waals surface area contributed by atoms with Crippen molar-refractivity contribution in [2.45, 2.75) is 95.6 Å². The number of ether oxygens (including phenoxy) is 4. The minimum Gasteiger partial charge on any atom is -0.459 e. The lowest BCUT2D eigenvalue weighted by Gasteiger charge is -2.60. The number of carbonyl (C=O) groups is 2. The number of unbranched alkanes of at least 4 members (excludes halogenated alkanes) is 2. The molecule has 6 unspecified atom stereocenters. The number of aldehydes is 1. The van der Waals surface area contributed by atoms with Gasteiger partial charge in [-0.25, -0.2) is 4.79 Å². The van der Waals surface area contributed by atoms with Gasteiger partial charge in [-0.1, -0.05) is 84.7 Å². The van der Waals surface area contributed by atoms with Crippen LogP contribution in [0.2, 0.25) is 0 Å². The third kappa shape index (κ3) is 10.8. The van der Waals surface area contributed by atoms with Crippen molar-refractivity contribution in [3.05, 3.63) is 160 Å². The Morgan fingerprint density at radius 3 is 2.36 bits per heavy atom. The van der Waals surface area contributed by atoms with Crippen LogP contribution < -0.4 is 14.2 Å². The maximum absolute atomic E-state index is 15.3. The van der Waals surface area contributed by atoms with Crippen LogP contribution in [0.1, 0.15) is 93.1 Å². The molecule has 366 valence electrons. The summed E-state index contributed by atoms with van der Waals surface area (Å²) in [5, 5.41) is 38.6. The Labute approximate surface area is 408 Å². The van der Waals surface area contributed by atoms with Crippen molar-refractivity contribution in [1.82, 2.24) is 4.90 Å². The summed E-state index contributed by atoms with van der Waals surface area (Å²) in [4.78, 5) is 46.2. The number of rotatable bonds is 20. The first-order valence-corrected chi connectivity index (χ1v) is 24.1. The predicted molar refractivity (Wildman–Crippen MR) is 266 cm³/mol. The van der Waals surface area contributed by atoms with Crippen molar-refractivity contribution in [3.8, 4) is 23.0 Å². The van der Waals surface area contributed by atoms with Crippen molar-refractivity contribution in [3.63, 3.8) is 0 Å². The highest BCUT2D eigenvalue weighted by molar-refractivity contribution is 6.03. The van der Waals surface area contributed by atoms with E-state index in [9.17, 15) is 25.1 Å². The van der Waals surface area contributed by atoms with Gasteiger partial charge in [-0.3, -0.25) is 19.8 Å². The summed E-state index contributed by atoms with van der Waals surface area (Å²) in [6.07, 6.45) is 8.23. The molecule has 8 rings (SSSR count). The highest BCUT2D eigenvalue weighted by atomic mass is 16.7. The third-order valence-electron chi connectivity index (χ3n) is 13.4. The maximum atomic E-state index is 15.3. The zero-order valence-corrected chi connectivity index (χ0v) is 39.9. The van der Waals surface area contributed by atoms with E-state index in [1.807, 2.05) is 81.4 Å². The molecule has 14 nitrogen and oxygen atoms in total. The number of nitrogens with zero attached hydrogens (tertiary/aromatic N) is 3. The van der Waals surface area contributed by atoms with Crippen LogP contribution in [-0.2, 0) is 16.1 Å². The number of nitro groups is 1. The fraction of sp³-hybridized carbons (Fsp3) is 0.375. The van der Waals surface area contributed by atoms with Crippen LogP contribution in [-0.4, -0.2) is 75.4 Å². The average Bonchev–Trinajstić information content (AvgIpc) is 3.35. The molecular formula is C56H61N3O11. The fourth-order valence-corrected chi connectivity index (χ4v) is 10.4. The first kappa shape index (κ1) is 49.5. The maximum Gasteiger partial charge on any atom is 0.416 e. The highest BCUT2D eigenvalue weighted by Crippen LogP contribution is 2.62. The number of non-ortho nitro benzene ring substituents is 1. The monoisotopic (exact) mass is 951 g/mol. The van der Waals surface area contributed by atoms with Crippen molar-refractivity contribution in [2.24, 2.45) is 22.9 Å². The van der Waals surface area contributed by atoms with Gasteiger partial charge in [-0.15, -0.1) is 6.58 Å². The van der Waals surface area contributed by atoms with Crippen LogP contribution in [0.25, 0.3) is 10.8 Å². The van der Waals surface area contributed by atoms with Crippen LogP contribution in [0.4, 0.5) is 10.5 Å². The minimum atomic E-state index is -1.62. The lowest BCUT2D eigenvalue weighted by Crippen LogP contribution is -2.70. The molecule has 1 fully saturated rings. The molecule has 1 heterocycles. The predicted octanol–water partition coefficient (Wildman–Crippen LogP) is 11.5. The van der Waals surface area contributed by atoms with Gasteiger partial charge in [0.1, 0.15) is 40.9 Å². The number of hydrogen-bond acceptors (Lipinski definition) is 12. The Morgan fingerprint density at radius 1 is 0.914 bits per heavy atom. The van der Waals surface area contributed by atoms with Crippen LogP contribution in [0.5, 0.6) is 23.0 Å². The van der Waals surface area contributed by atoms with E-state index in [4.69, 9.17) is 28.9 Å². The second-order valence-corrected chi connectivity index (χ2v) is 19.2. The van der Waals surface area contributed by atoms with Gasteiger partial charge in [-0.05, 0) is 123 Å². The second kappa shape index (κ2) is 21.8. The normalized spacial score (nSPS) is 21.9. The van der Waals surface area contributed by atoms with E-state index >= 15 is 4.79 Å². The molecule has 0 aromatic heterocycles. The Hall–Kier alpha value is -6.87. The number of aliphatic hydroxyl groups is 2. The van der Waals surface area contributed by atoms with Crippen molar-refractivity contribution >= 4 is 34.6 Å². The summed E-state index contributed by atoms with van der Waals surface area (Å²) in [5.74, 6) is -1.07. The molecule has 70 heavy (non-hydrogen) atoms. The summed E-state index contributed by atoms with van der Waals surface area (Å²) in [7, 11) is 0. The molecule has 2 aliphatic carbocycles. The summed E-state index contributed by atoms with van der Waals surface area (Å²) < 4.78 is 27.3. The lowest BCUT2D eigenvalue weighted by atomic mass is 9.55. The summed E-state index contributed by atoms with van der Waals surface area (Å²) in [6, 6.07) is 30.9. The fourth-order valence-electron chi connectivity index (χ4n) is 10.4. The topological polar surface area (TPSA) is 179 Å². The van der Waals surface area contributed by atoms with E-state index in [1.54, 1.807) is 35.2 Å². The molecular weight excluding hydrogens is 891 g/mol. The molecule has 2 N–H and O–H groups in total. The second-order valence-electron chi connectivity index (χ2n) is 19.2. The van der Waals surface area contributed by atoms with E-state index in [2.05, 4.69) is 12.7 Å². The van der Waals surface area contributed by atoms with Crippen molar-refractivity contribution < 1.29 is 48.5 Å². The molecule has 1 saturated carbocycles. The number of oxime groups is 1. The lowest BCUT2D eigenvalue weighted by molar-refractivity contribution is -0.384. The molecule has 0 radical (unpaired) electrons. The van der Waals surface area contributed by atoms with Gasteiger partial charge in [0.25, 0.3) is 5.69 Å². The number of carbonyl (C=O) groups excluding carboxylic acids is 2. The van der Waals surface area contributed by atoms with Crippen LogP contribution in [0, 0.1) is 27.9 Å². The van der Waals surface area contributed by atoms with E-state index in [0.29, 0.717) is 41.4 Å². The standard InChI is InChI=1S/C56H61N3O11/c1-5-30-66-56-51(58(35-40-18-13-17-38-15-6-7-20-45(38)40)54(63)68-42-24-22-41(23-25-42)59(64)65)34-49(57-70-55(2,3)4)47-32-39(16-8-10-28-60)46(21-9-11-29-61)52(53(47)56)48-33-44(26-27-50(48)69-56)67-43-19-12-14-37(31-43)36-62/h5-7,12-15,17-20,22-27,31-33,36,39,46,51-53,60-61H,1,8-11,16,21,28-30,34-35H2,2-4H3. The molecule has 0 bridgehead atoms. The van der Waals surface area contributed by atoms with Gasteiger partial charge in [-0.2, -0.15) is 0 Å². The Kier molecular flexibility index (Phi) is 15.5. The van der Waals surface area contributed by atoms with Gasteiger partial charge in [0, 0.05) is 48.8 Å². The van der Waals surface area contributed by atoms with Gasteiger partial charge in [0.05, 0.1) is 29.7 Å². The molecule has 1 amide bonds. The zero-order valence-electron chi connectivity index (χ0n) is 39.9. The average molecular weight is 952 g/mol. The minimum absolute atomic E-state index is 0.0197. The quantitative estimate of drug-likeness (QED) is 0.0249. The molecule has 5 aromatic rings. The molecule has 1 aliphatic heterocycles. The third-order valence-corrected chi connectivity index (χ3v) is 13.4. The van der Waals surface area contributed by atoms with Gasteiger partial charge in [0.2, 0.25) is 5.79 Å². The highest BCUT2D eigenvalue weighted by Gasteiger charge is 2.66. The van der Waals surface area contributed by atoms with Crippen molar-refractivity contribution in [1.29, 1.82) is 0 Å². The SMILES string of the molecule is C=CCOC12Oc3ccc(Oc4cccc(C=O)c4)cc3C3C(CCCCO)C(CCCCO)C=C(C(=NOC(C)(C)C)CC1N(Cc1cccc4ccccc14)C(=O)Oc1ccc([N+](=O)[O-])cc1)C32. The van der Waals surface area contributed by atoms with Crippen LogP contribution in [0.15, 0.2) is 139 Å². The largest absolute Gasteiger partial charge is 0.459 e. The first-order chi connectivity index (χ1) is 33.9. The van der Waals surface area contributed by atoms with E-state index < -0.39 is 34.4 Å². The first-order valence-electron chi connectivity index (χ1n) is 24.1. The Balaban J connectivity index is 1.37. The number of nitro benzene ring substituents is 1.